The number of amides is 3. The number of nitrogens with zero attached hydrogens (tertiary/aromatic N) is 2. The number of hydrogen-bond acceptors (Lipinski definition) is 4. The number of benzene rings is 1. The first-order valence-corrected chi connectivity index (χ1v) is 11.8. The third-order valence-electron chi connectivity index (χ3n) is 7.06. The Bertz CT molecular complexity index is 848. The van der Waals surface area contributed by atoms with E-state index in [1.54, 1.807) is 30.1 Å². The lowest BCUT2D eigenvalue weighted by molar-refractivity contribution is -0.144. The number of imide groups is 1. The van der Waals surface area contributed by atoms with Gasteiger partial charge in [0.25, 0.3) is 0 Å². The fourth-order valence-electron chi connectivity index (χ4n) is 5.34. The summed E-state index contributed by atoms with van der Waals surface area (Å²) in [6.45, 7) is 1.21. The minimum absolute atomic E-state index is 0.00836. The molecule has 0 bridgehead atoms. The molecule has 0 spiro atoms. The van der Waals surface area contributed by atoms with Crippen molar-refractivity contribution >= 4 is 29.3 Å². The van der Waals surface area contributed by atoms with Crippen molar-refractivity contribution in [3.8, 4) is 0 Å². The Labute approximate surface area is 188 Å². The van der Waals surface area contributed by atoms with Crippen molar-refractivity contribution in [2.24, 2.45) is 0 Å². The molecule has 1 aromatic carbocycles. The van der Waals surface area contributed by atoms with Crippen molar-refractivity contribution < 1.29 is 19.1 Å². The molecule has 2 aliphatic heterocycles. The molecule has 31 heavy (non-hydrogen) atoms. The third-order valence-corrected chi connectivity index (χ3v) is 7.39. The summed E-state index contributed by atoms with van der Waals surface area (Å²) >= 11 is 6.51. The van der Waals surface area contributed by atoms with Crippen molar-refractivity contribution in [1.82, 2.24) is 9.80 Å². The molecule has 0 N–H and O–H groups in total. The van der Waals surface area contributed by atoms with E-state index in [9.17, 15) is 14.4 Å². The number of ether oxygens (including phenoxy) is 1. The molecule has 7 heteroatoms. The van der Waals surface area contributed by atoms with Crippen LogP contribution in [0.25, 0.3) is 0 Å². The monoisotopic (exact) mass is 446 g/mol. The molecule has 0 radical (unpaired) electrons. The predicted molar refractivity (Wildman–Crippen MR) is 118 cm³/mol. The molecule has 0 aromatic heterocycles. The van der Waals surface area contributed by atoms with Crippen LogP contribution in [-0.4, -0.2) is 59.9 Å². The second-order valence-electron chi connectivity index (χ2n) is 9.19. The number of carbonyl (C=O) groups is 3. The number of likely N-dealkylation sites (N-methyl/N-ethyl adjacent to an activating group) is 1. The highest BCUT2D eigenvalue weighted by atomic mass is 35.5. The molecule has 4 rings (SSSR count). The fourth-order valence-corrected chi connectivity index (χ4v) is 5.66. The van der Waals surface area contributed by atoms with Gasteiger partial charge in [0.15, 0.2) is 0 Å². The SMILES string of the molecule is CN(C[C@@H]1CCCCO1)C(=O)C[C@]1(c2ccccc2Cl)CC(=O)N(C2CCCC2)C1=O. The molecule has 168 valence electrons. The maximum atomic E-state index is 13.8. The summed E-state index contributed by atoms with van der Waals surface area (Å²) < 4.78 is 5.78. The van der Waals surface area contributed by atoms with Crippen LogP contribution in [0.1, 0.15) is 63.4 Å². The maximum Gasteiger partial charge on any atom is 0.241 e. The zero-order valence-electron chi connectivity index (χ0n) is 18.1. The Morgan fingerprint density at radius 2 is 1.87 bits per heavy atom. The molecular formula is C24H31ClN2O4. The standard InChI is InChI=1S/C24H31ClN2O4/c1-26(16-18-10-6-7-13-31-18)21(28)14-24(19-11-4-5-12-20(19)25)15-22(29)27(23(24)30)17-8-2-3-9-17/h4-5,11-12,17-18H,2-3,6-10,13-16H2,1H3/t18-,24+/m0/s1. The number of rotatable bonds is 6. The second kappa shape index (κ2) is 9.29. The van der Waals surface area contributed by atoms with Gasteiger partial charge in [0.2, 0.25) is 17.7 Å². The van der Waals surface area contributed by atoms with E-state index in [0.29, 0.717) is 17.1 Å². The van der Waals surface area contributed by atoms with E-state index >= 15 is 0 Å². The Hall–Kier alpha value is -1.92. The van der Waals surface area contributed by atoms with Crippen molar-refractivity contribution in [3.05, 3.63) is 34.9 Å². The smallest absolute Gasteiger partial charge is 0.241 e. The highest BCUT2D eigenvalue weighted by Gasteiger charge is 2.56. The molecule has 2 heterocycles. The van der Waals surface area contributed by atoms with E-state index in [4.69, 9.17) is 16.3 Å². The quantitative estimate of drug-likeness (QED) is 0.625. The van der Waals surface area contributed by atoms with E-state index < -0.39 is 5.41 Å². The minimum Gasteiger partial charge on any atom is -0.376 e. The maximum absolute atomic E-state index is 13.8. The second-order valence-corrected chi connectivity index (χ2v) is 9.59. The Morgan fingerprint density at radius 3 is 2.55 bits per heavy atom. The highest BCUT2D eigenvalue weighted by Crippen LogP contribution is 2.45. The van der Waals surface area contributed by atoms with Crippen LogP contribution in [0.2, 0.25) is 5.02 Å². The lowest BCUT2D eigenvalue weighted by Gasteiger charge is -2.32. The average molecular weight is 447 g/mol. The topological polar surface area (TPSA) is 66.9 Å². The van der Waals surface area contributed by atoms with Gasteiger partial charge in [0.05, 0.1) is 11.5 Å². The summed E-state index contributed by atoms with van der Waals surface area (Å²) in [5.41, 5.74) is -0.664. The van der Waals surface area contributed by atoms with Gasteiger partial charge in [-0.25, -0.2) is 0 Å². The lowest BCUT2D eigenvalue weighted by atomic mass is 9.75. The molecule has 0 unspecified atom stereocenters. The van der Waals surface area contributed by atoms with Crippen LogP contribution >= 0.6 is 11.6 Å². The van der Waals surface area contributed by atoms with Crippen molar-refractivity contribution in [2.75, 3.05) is 20.2 Å². The summed E-state index contributed by atoms with van der Waals surface area (Å²) in [5, 5.41) is 0.419. The molecule has 3 fully saturated rings. The first-order chi connectivity index (χ1) is 14.9. The zero-order valence-corrected chi connectivity index (χ0v) is 18.9. The van der Waals surface area contributed by atoms with Gasteiger partial charge in [0, 0.05) is 44.1 Å². The average Bonchev–Trinajstić information content (AvgIpc) is 3.36. The molecule has 2 atom stereocenters. The van der Waals surface area contributed by atoms with Gasteiger partial charge < -0.3 is 9.64 Å². The Morgan fingerprint density at radius 1 is 1.16 bits per heavy atom. The van der Waals surface area contributed by atoms with E-state index in [1.165, 1.54) is 4.90 Å². The van der Waals surface area contributed by atoms with E-state index in [2.05, 4.69) is 0 Å². The molecule has 6 nitrogen and oxygen atoms in total. The minimum atomic E-state index is -1.24. The number of carbonyl (C=O) groups excluding carboxylic acids is 3. The normalized spacial score (nSPS) is 27.2. The molecule has 1 aromatic rings. The number of hydrogen-bond donors (Lipinski definition) is 0. The Kier molecular flexibility index (Phi) is 6.68. The summed E-state index contributed by atoms with van der Waals surface area (Å²) in [6.07, 6.45) is 6.74. The van der Waals surface area contributed by atoms with Crippen LogP contribution in [0.3, 0.4) is 0 Å². The number of likely N-dealkylation sites (tertiary alicyclic amines) is 1. The highest BCUT2D eigenvalue weighted by molar-refractivity contribution is 6.32. The molecule has 2 saturated heterocycles. The van der Waals surface area contributed by atoms with Gasteiger partial charge in [-0.05, 0) is 43.7 Å². The first kappa shape index (κ1) is 22.3. The van der Waals surface area contributed by atoms with Crippen LogP contribution in [0.15, 0.2) is 24.3 Å². The van der Waals surface area contributed by atoms with Crippen LogP contribution < -0.4 is 0 Å². The van der Waals surface area contributed by atoms with Crippen LogP contribution in [0.4, 0.5) is 0 Å². The van der Waals surface area contributed by atoms with Gasteiger partial charge in [-0.1, -0.05) is 42.6 Å². The van der Waals surface area contributed by atoms with Gasteiger partial charge in [-0.2, -0.15) is 0 Å². The van der Waals surface area contributed by atoms with Gasteiger partial charge in [0.1, 0.15) is 0 Å². The van der Waals surface area contributed by atoms with Crippen molar-refractivity contribution in [2.45, 2.75) is 75.3 Å². The fraction of sp³-hybridized carbons (Fsp3) is 0.625. The van der Waals surface area contributed by atoms with Crippen molar-refractivity contribution in [3.63, 3.8) is 0 Å². The van der Waals surface area contributed by atoms with Gasteiger partial charge in [-0.3, -0.25) is 19.3 Å². The zero-order chi connectivity index (χ0) is 22.0. The first-order valence-electron chi connectivity index (χ1n) is 11.4. The molecule has 1 saturated carbocycles. The van der Waals surface area contributed by atoms with E-state index in [0.717, 1.165) is 51.6 Å². The van der Waals surface area contributed by atoms with Crippen LogP contribution in [0.5, 0.6) is 0 Å². The van der Waals surface area contributed by atoms with E-state index in [1.807, 2.05) is 6.07 Å². The summed E-state index contributed by atoms with van der Waals surface area (Å²) in [4.78, 5) is 43.2. The molecule has 3 aliphatic rings. The number of halogens is 1. The lowest BCUT2D eigenvalue weighted by Crippen LogP contribution is -2.46. The summed E-state index contributed by atoms with van der Waals surface area (Å²) in [5.74, 6) is -0.625. The summed E-state index contributed by atoms with van der Waals surface area (Å²) in [6, 6.07) is 7.04. The summed E-state index contributed by atoms with van der Waals surface area (Å²) in [7, 11) is 1.75. The van der Waals surface area contributed by atoms with Crippen LogP contribution in [0, 0.1) is 0 Å². The van der Waals surface area contributed by atoms with Crippen molar-refractivity contribution in [1.29, 1.82) is 0 Å². The molecule has 1 aliphatic carbocycles. The largest absolute Gasteiger partial charge is 0.376 e. The molecular weight excluding hydrogens is 416 g/mol. The molecule has 3 amide bonds. The van der Waals surface area contributed by atoms with E-state index in [-0.39, 0.29) is 42.7 Å². The van der Waals surface area contributed by atoms with Crippen LogP contribution in [-0.2, 0) is 24.5 Å². The predicted octanol–water partition coefficient (Wildman–Crippen LogP) is 3.70. The van der Waals surface area contributed by atoms with Gasteiger partial charge >= 0.3 is 0 Å². The Balaban J connectivity index is 1.61. The third kappa shape index (κ3) is 4.37. The van der Waals surface area contributed by atoms with Gasteiger partial charge in [-0.15, -0.1) is 0 Å².